The second kappa shape index (κ2) is 6.30. The summed E-state index contributed by atoms with van der Waals surface area (Å²) in [4.78, 5) is 5.82. The van der Waals surface area contributed by atoms with E-state index in [-0.39, 0.29) is 0 Å². The lowest BCUT2D eigenvalue weighted by atomic mass is 10.2. The van der Waals surface area contributed by atoms with Crippen molar-refractivity contribution in [3.63, 3.8) is 0 Å². The molecule has 1 atom stereocenters. The smallest absolute Gasteiger partial charge is 0.0900 e. The molecule has 0 bridgehead atoms. The molecule has 0 saturated carbocycles. The summed E-state index contributed by atoms with van der Waals surface area (Å²) in [7, 11) is 0. The molecule has 1 N–H and O–H groups in total. The largest absolute Gasteiger partial charge is 0.304 e. The summed E-state index contributed by atoms with van der Waals surface area (Å²) in [6, 6.07) is 2.41. The maximum Gasteiger partial charge on any atom is 0.0900 e. The van der Waals surface area contributed by atoms with Crippen LogP contribution in [0.15, 0.2) is 12.3 Å². The predicted octanol–water partition coefficient (Wildman–Crippen LogP) is 3.22. The van der Waals surface area contributed by atoms with E-state index in [0.29, 0.717) is 6.04 Å². The van der Waals surface area contributed by atoms with Gasteiger partial charge in [-0.15, -0.1) is 11.3 Å². The van der Waals surface area contributed by atoms with Gasteiger partial charge in [-0.3, -0.25) is 4.68 Å². The quantitative estimate of drug-likeness (QED) is 0.882. The molecule has 0 aromatic carbocycles. The van der Waals surface area contributed by atoms with Crippen LogP contribution in [0, 0.1) is 13.8 Å². The van der Waals surface area contributed by atoms with Crippen molar-refractivity contribution < 1.29 is 0 Å². The van der Waals surface area contributed by atoms with Crippen molar-refractivity contribution in [1.29, 1.82) is 0 Å². The van der Waals surface area contributed by atoms with E-state index < -0.39 is 0 Å². The molecule has 0 spiro atoms. The summed E-state index contributed by atoms with van der Waals surface area (Å²) in [6.45, 7) is 10.3. The van der Waals surface area contributed by atoms with Crippen LogP contribution in [0.5, 0.6) is 0 Å². The number of hydrogen-bond acceptors (Lipinski definition) is 4. The molecular weight excluding hydrogens is 256 g/mol. The first-order chi connectivity index (χ1) is 9.11. The molecule has 4 nitrogen and oxygen atoms in total. The van der Waals surface area contributed by atoms with Crippen LogP contribution in [0.4, 0.5) is 0 Å². The maximum atomic E-state index is 4.49. The first-order valence-electron chi connectivity index (χ1n) is 6.79. The summed E-state index contributed by atoms with van der Waals surface area (Å²) in [5.41, 5.74) is 2.39. The minimum Gasteiger partial charge on any atom is -0.304 e. The molecular formula is C14H22N4S. The molecule has 2 aromatic rings. The summed E-state index contributed by atoms with van der Waals surface area (Å²) in [6.07, 6.45) is 2.98. The van der Waals surface area contributed by atoms with Gasteiger partial charge < -0.3 is 5.32 Å². The number of nitrogens with zero attached hydrogens (tertiary/aromatic N) is 3. The zero-order chi connectivity index (χ0) is 13.8. The van der Waals surface area contributed by atoms with E-state index in [1.807, 2.05) is 6.20 Å². The van der Waals surface area contributed by atoms with Crippen molar-refractivity contribution >= 4 is 11.3 Å². The molecule has 0 amide bonds. The molecule has 1 unspecified atom stereocenters. The van der Waals surface area contributed by atoms with Crippen LogP contribution in [0.3, 0.4) is 0 Å². The van der Waals surface area contributed by atoms with Crippen molar-refractivity contribution in [2.24, 2.45) is 0 Å². The third-order valence-corrected chi connectivity index (χ3v) is 4.42. The predicted molar refractivity (Wildman–Crippen MR) is 79.4 cm³/mol. The first-order valence-corrected chi connectivity index (χ1v) is 7.61. The van der Waals surface area contributed by atoms with Gasteiger partial charge in [0.25, 0.3) is 0 Å². The highest BCUT2D eigenvalue weighted by atomic mass is 32.1. The SMILES string of the molecule is CCCn1nccc1CNC(C)c1sc(C)nc1C. The Balaban J connectivity index is 1.98. The van der Waals surface area contributed by atoms with E-state index in [9.17, 15) is 0 Å². The standard InChI is InChI=1S/C14H22N4S/c1-5-8-18-13(6-7-16-18)9-15-10(2)14-11(3)17-12(4)19-14/h6-7,10,15H,5,8-9H2,1-4H3. The fourth-order valence-corrected chi connectivity index (χ4v) is 3.18. The number of thiazole rings is 1. The zero-order valence-electron chi connectivity index (χ0n) is 12.1. The third kappa shape index (κ3) is 3.42. The van der Waals surface area contributed by atoms with Gasteiger partial charge in [0.15, 0.2) is 0 Å². The van der Waals surface area contributed by atoms with Crippen molar-refractivity contribution in [2.75, 3.05) is 0 Å². The Labute approximate surface area is 118 Å². The third-order valence-electron chi connectivity index (χ3n) is 3.16. The van der Waals surface area contributed by atoms with Crippen LogP contribution in [0.2, 0.25) is 0 Å². The van der Waals surface area contributed by atoms with E-state index in [2.05, 4.69) is 53.8 Å². The van der Waals surface area contributed by atoms with Crippen molar-refractivity contribution in [1.82, 2.24) is 20.1 Å². The zero-order valence-corrected chi connectivity index (χ0v) is 12.9. The Kier molecular flexibility index (Phi) is 4.71. The van der Waals surface area contributed by atoms with Gasteiger partial charge in [0.1, 0.15) is 0 Å². The second-order valence-corrected chi connectivity index (χ2v) is 6.07. The molecule has 0 aliphatic carbocycles. The van der Waals surface area contributed by atoms with Gasteiger partial charge in [-0.25, -0.2) is 4.98 Å². The summed E-state index contributed by atoms with van der Waals surface area (Å²) in [5.74, 6) is 0. The fraction of sp³-hybridized carbons (Fsp3) is 0.571. The molecule has 0 aliphatic heterocycles. The van der Waals surface area contributed by atoms with E-state index >= 15 is 0 Å². The average Bonchev–Trinajstić information content (AvgIpc) is 2.93. The minimum atomic E-state index is 0.330. The highest BCUT2D eigenvalue weighted by Gasteiger charge is 2.13. The van der Waals surface area contributed by atoms with Crippen molar-refractivity contribution in [3.8, 4) is 0 Å². The van der Waals surface area contributed by atoms with E-state index in [1.165, 1.54) is 10.6 Å². The number of aryl methyl sites for hydroxylation is 3. The number of aromatic nitrogens is 3. The van der Waals surface area contributed by atoms with Gasteiger partial charge in [0.05, 0.1) is 16.4 Å². The van der Waals surface area contributed by atoms with Gasteiger partial charge in [0, 0.05) is 30.2 Å². The summed E-state index contributed by atoms with van der Waals surface area (Å²) >= 11 is 1.78. The van der Waals surface area contributed by atoms with Gasteiger partial charge >= 0.3 is 0 Å². The summed E-state index contributed by atoms with van der Waals surface area (Å²) in [5, 5.41) is 9.05. The normalized spacial score (nSPS) is 12.8. The van der Waals surface area contributed by atoms with Crippen molar-refractivity contribution in [3.05, 3.63) is 33.5 Å². The Morgan fingerprint density at radius 2 is 2.21 bits per heavy atom. The van der Waals surface area contributed by atoms with Gasteiger partial charge in [-0.05, 0) is 33.3 Å². The van der Waals surface area contributed by atoms with Gasteiger partial charge in [0.2, 0.25) is 0 Å². The fourth-order valence-electron chi connectivity index (χ4n) is 2.22. The van der Waals surface area contributed by atoms with Crippen LogP contribution in [0.25, 0.3) is 0 Å². The van der Waals surface area contributed by atoms with Crippen LogP contribution in [0.1, 0.15) is 47.6 Å². The minimum absolute atomic E-state index is 0.330. The highest BCUT2D eigenvalue weighted by molar-refractivity contribution is 7.11. The molecule has 0 radical (unpaired) electrons. The van der Waals surface area contributed by atoms with Crippen LogP contribution in [-0.2, 0) is 13.1 Å². The highest BCUT2D eigenvalue weighted by Crippen LogP contribution is 2.24. The number of hydrogen-bond donors (Lipinski definition) is 1. The van der Waals surface area contributed by atoms with Crippen LogP contribution < -0.4 is 5.32 Å². The molecule has 19 heavy (non-hydrogen) atoms. The number of rotatable bonds is 6. The Morgan fingerprint density at radius 1 is 1.42 bits per heavy atom. The molecule has 5 heteroatoms. The van der Waals surface area contributed by atoms with Gasteiger partial charge in [-0.1, -0.05) is 6.92 Å². The molecule has 104 valence electrons. The molecule has 2 heterocycles. The number of nitrogens with one attached hydrogen (secondary N) is 1. The maximum absolute atomic E-state index is 4.49. The lowest BCUT2D eigenvalue weighted by Gasteiger charge is -2.13. The van der Waals surface area contributed by atoms with Crippen molar-refractivity contribution in [2.45, 2.75) is 53.2 Å². The molecule has 0 fully saturated rings. The Morgan fingerprint density at radius 3 is 2.84 bits per heavy atom. The van der Waals surface area contributed by atoms with Crippen LogP contribution in [-0.4, -0.2) is 14.8 Å². The van der Waals surface area contributed by atoms with E-state index in [1.54, 1.807) is 11.3 Å². The monoisotopic (exact) mass is 278 g/mol. The van der Waals surface area contributed by atoms with Gasteiger partial charge in [-0.2, -0.15) is 5.10 Å². The first kappa shape index (κ1) is 14.2. The average molecular weight is 278 g/mol. The molecule has 0 saturated heterocycles. The van der Waals surface area contributed by atoms with E-state index in [0.717, 1.165) is 30.2 Å². The summed E-state index contributed by atoms with van der Waals surface area (Å²) < 4.78 is 2.07. The Bertz CT molecular complexity index is 529. The topological polar surface area (TPSA) is 42.7 Å². The lowest BCUT2D eigenvalue weighted by Crippen LogP contribution is -2.20. The molecule has 2 aromatic heterocycles. The van der Waals surface area contributed by atoms with Crippen LogP contribution >= 0.6 is 11.3 Å². The second-order valence-electron chi connectivity index (χ2n) is 4.83. The molecule has 2 rings (SSSR count). The van der Waals surface area contributed by atoms with E-state index in [4.69, 9.17) is 0 Å². The Hall–Kier alpha value is -1.20. The lowest BCUT2D eigenvalue weighted by molar-refractivity contribution is 0.519. The molecule has 0 aliphatic rings.